The summed E-state index contributed by atoms with van der Waals surface area (Å²) in [5.41, 5.74) is 3.70. The normalized spacial score (nSPS) is 38.3. The zero-order chi connectivity index (χ0) is 20.0. The molecule has 4 aliphatic heterocycles. The number of nitrogens with zero attached hydrogens (tertiary/aromatic N) is 2. The molecule has 1 aliphatic carbocycles. The summed E-state index contributed by atoms with van der Waals surface area (Å²) in [5, 5.41) is 0. The number of anilines is 1. The average molecular weight is 401 g/mol. The van der Waals surface area contributed by atoms with Crippen molar-refractivity contribution in [1.82, 2.24) is 4.90 Å². The molecule has 1 amide bonds. The molecule has 0 aromatic heterocycles. The number of piperidine rings is 1. The van der Waals surface area contributed by atoms with Crippen molar-refractivity contribution < 1.29 is 9.53 Å². The monoisotopic (exact) mass is 400 g/mol. The number of carbonyl (C=O) groups excluding carboxylic acids is 1. The summed E-state index contributed by atoms with van der Waals surface area (Å²) in [4.78, 5) is 18.0. The maximum Gasteiger partial charge on any atom is 0.224 e. The highest BCUT2D eigenvalue weighted by atomic mass is 16.5. The van der Waals surface area contributed by atoms with Crippen molar-refractivity contribution in [1.29, 1.82) is 0 Å². The van der Waals surface area contributed by atoms with Crippen LogP contribution in [0.5, 0.6) is 0 Å². The van der Waals surface area contributed by atoms with Crippen LogP contribution in [0.2, 0.25) is 0 Å². The molecule has 154 valence electrons. The molecular weight excluding hydrogens is 372 g/mol. The van der Waals surface area contributed by atoms with E-state index in [0.29, 0.717) is 18.4 Å². The Balaban J connectivity index is 1.45. The molecule has 2 aromatic rings. The van der Waals surface area contributed by atoms with Crippen LogP contribution in [-0.2, 0) is 21.5 Å². The van der Waals surface area contributed by atoms with Gasteiger partial charge in [0.15, 0.2) is 5.72 Å². The van der Waals surface area contributed by atoms with Gasteiger partial charge in [-0.2, -0.15) is 0 Å². The molecule has 3 saturated heterocycles. The van der Waals surface area contributed by atoms with Gasteiger partial charge in [-0.25, -0.2) is 0 Å². The van der Waals surface area contributed by atoms with Crippen molar-refractivity contribution >= 4 is 11.6 Å². The first-order valence-electron chi connectivity index (χ1n) is 11.6. The number of ether oxygens (including phenoxy) is 1. The molecule has 30 heavy (non-hydrogen) atoms. The summed E-state index contributed by atoms with van der Waals surface area (Å²) < 4.78 is 6.84. The molecule has 7 rings (SSSR count). The topological polar surface area (TPSA) is 32.8 Å². The number of carbonyl (C=O) groups is 1. The molecule has 4 fully saturated rings. The van der Waals surface area contributed by atoms with Crippen LogP contribution < -0.4 is 4.90 Å². The number of para-hydroxylation sites is 1. The van der Waals surface area contributed by atoms with Crippen molar-refractivity contribution in [2.24, 2.45) is 5.41 Å². The fourth-order valence-electron chi connectivity index (χ4n) is 8.25. The van der Waals surface area contributed by atoms with E-state index in [0.717, 1.165) is 39.0 Å². The van der Waals surface area contributed by atoms with Crippen LogP contribution in [0.3, 0.4) is 0 Å². The van der Waals surface area contributed by atoms with Crippen LogP contribution in [0.15, 0.2) is 54.6 Å². The molecule has 2 aromatic carbocycles. The van der Waals surface area contributed by atoms with Crippen molar-refractivity contribution in [3.05, 3.63) is 65.7 Å². The van der Waals surface area contributed by atoms with E-state index in [2.05, 4.69) is 64.4 Å². The number of rotatable bonds is 2. The first-order chi connectivity index (χ1) is 14.7. The maximum absolute atomic E-state index is 13.1. The molecule has 4 heteroatoms. The number of hydrogen-bond acceptors (Lipinski definition) is 3. The molecule has 0 unspecified atom stereocenters. The highest BCUT2D eigenvalue weighted by Gasteiger charge is 2.80. The van der Waals surface area contributed by atoms with E-state index < -0.39 is 5.72 Å². The second kappa shape index (κ2) is 5.67. The van der Waals surface area contributed by atoms with Crippen LogP contribution >= 0.6 is 0 Å². The van der Waals surface area contributed by atoms with E-state index in [1.165, 1.54) is 29.7 Å². The van der Waals surface area contributed by atoms with E-state index in [1.54, 1.807) is 0 Å². The molecule has 5 aliphatic rings. The highest BCUT2D eigenvalue weighted by Crippen LogP contribution is 2.73. The van der Waals surface area contributed by atoms with Gasteiger partial charge in [0.1, 0.15) is 0 Å². The van der Waals surface area contributed by atoms with Gasteiger partial charge in [-0.05, 0) is 49.3 Å². The predicted molar refractivity (Wildman–Crippen MR) is 115 cm³/mol. The number of benzene rings is 2. The number of hydrogen-bond donors (Lipinski definition) is 0. The van der Waals surface area contributed by atoms with Crippen molar-refractivity contribution in [2.45, 2.75) is 62.3 Å². The summed E-state index contributed by atoms with van der Waals surface area (Å²) in [7, 11) is 0. The molecule has 4 atom stereocenters. The summed E-state index contributed by atoms with van der Waals surface area (Å²) in [5.74, 6) is 0.309. The summed E-state index contributed by atoms with van der Waals surface area (Å²) in [6, 6.07) is 20.2. The Morgan fingerprint density at radius 3 is 2.70 bits per heavy atom. The van der Waals surface area contributed by atoms with Gasteiger partial charge in [0.25, 0.3) is 0 Å². The van der Waals surface area contributed by atoms with Gasteiger partial charge in [-0.3, -0.25) is 4.79 Å². The lowest BCUT2D eigenvalue weighted by molar-refractivity contribution is -0.230. The van der Waals surface area contributed by atoms with Gasteiger partial charge in [0.05, 0.1) is 12.0 Å². The standard InChI is InChI=1S/C26H28N2O2/c29-23-11-13-24-12-10-22-25(14-16-28(23)26(24,25)30-17-15-24)20-8-4-5-9-21(20)27(22)18-19-6-2-1-3-7-19/h1-9,22H,10-18H2/t22-,24+,25-,26+/m1/s1. The number of amides is 1. The van der Waals surface area contributed by atoms with Crippen LogP contribution in [0.1, 0.15) is 49.7 Å². The predicted octanol–water partition coefficient (Wildman–Crippen LogP) is 4.24. The van der Waals surface area contributed by atoms with E-state index in [9.17, 15) is 4.79 Å². The first kappa shape index (κ1) is 17.4. The Kier molecular flexibility index (Phi) is 3.28. The lowest BCUT2D eigenvalue weighted by atomic mass is 9.50. The second-order valence-electron chi connectivity index (χ2n) is 9.97. The maximum atomic E-state index is 13.1. The molecule has 4 nitrogen and oxygen atoms in total. The molecule has 0 radical (unpaired) electrons. The Morgan fingerprint density at radius 1 is 0.967 bits per heavy atom. The fraction of sp³-hybridized carbons (Fsp3) is 0.500. The Labute approximate surface area is 177 Å². The third-order valence-corrected chi connectivity index (χ3v) is 9.17. The summed E-state index contributed by atoms with van der Waals surface area (Å²) >= 11 is 0. The molecule has 0 N–H and O–H groups in total. The Hall–Kier alpha value is -2.33. The van der Waals surface area contributed by atoms with E-state index >= 15 is 0 Å². The van der Waals surface area contributed by atoms with Gasteiger partial charge >= 0.3 is 0 Å². The fourth-order valence-corrected chi connectivity index (χ4v) is 8.25. The van der Waals surface area contributed by atoms with Crippen LogP contribution in [0.25, 0.3) is 0 Å². The average Bonchev–Trinajstić information content (AvgIpc) is 3.42. The lowest BCUT2D eigenvalue weighted by Gasteiger charge is -2.62. The minimum absolute atomic E-state index is 0.108. The lowest BCUT2D eigenvalue weighted by Crippen LogP contribution is -2.73. The van der Waals surface area contributed by atoms with E-state index in [4.69, 9.17) is 4.74 Å². The minimum Gasteiger partial charge on any atom is -0.363 e. The first-order valence-corrected chi connectivity index (χ1v) is 11.6. The van der Waals surface area contributed by atoms with Crippen molar-refractivity contribution in [3.63, 3.8) is 0 Å². The van der Waals surface area contributed by atoms with Crippen molar-refractivity contribution in [2.75, 3.05) is 18.1 Å². The third-order valence-electron chi connectivity index (χ3n) is 9.17. The highest BCUT2D eigenvalue weighted by molar-refractivity contribution is 5.81. The van der Waals surface area contributed by atoms with E-state index in [1.807, 2.05) is 0 Å². The van der Waals surface area contributed by atoms with Gasteiger partial charge in [-0.1, -0.05) is 48.5 Å². The van der Waals surface area contributed by atoms with Crippen molar-refractivity contribution in [3.8, 4) is 0 Å². The van der Waals surface area contributed by atoms with Crippen LogP contribution in [0, 0.1) is 5.41 Å². The largest absolute Gasteiger partial charge is 0.363 e. The number of fused-ring (bicyclic) bond motifs is 1. The summed E-state index contributed by atoms with van der Waals surface area (Å²) in [6.07, 6.45) is 6.18. The Morgan fingerprint density at radius 2 is 1.80 bits per heavy atom. The molecule has 0 bridgehead atoms. The zero-order valence-corrected chi connectivity index (χ0v) is 17.3. The Bertz CT molecular complexity index is 1040. The molecule has 4 heterocycles. The smallest absolute Gasteiger partial charge is 0.224 e. The van der Waals surface area contributed by atoms with Gasteiger partial charge < -0.3 is 14.5 Å². The quantitative estimate of drug-likeness (QED) is 0.756. The van der Waals surface area contributed by atoms with E-state index in [-0.39, 0.29) is 10.8 Å². The van der Waals surface area contributed by atoms with Crippen LogP contribution in [-0.4, -0.2) is 35.7 Å². The zero-order valence-electron chi connectivity index (χ0n) is 17.3. The second-order valence-corrected chi connectivity index (χ2v) is 9.97. The van der Waals surface area contributed by atoms with Crippen LogP contribution in [0.4, 0.5) is 5.69 Å². The minimum atomic E-state index is -0.445. The molecular formula is C26H28N2O2. The van der Waals surface area contributed by atoms with Gasteiger partial charge in [-0.15, -0.1) is 0 Å². The summed E-state index contributed by atoms with van der Waals surface area (Å²) in [6.45, 7) is 2.55. The molecule has 2 spiro atoms. The van der Waals surface area contributed by atoms with Gasteiger partial charge in [0, 0.05) is 36.7 Å². The SMILES string of the molecule is O=C1CC[C@@]23CCO[C@@]24N1CC[C@]41c2ccccc2N(Cc2ccccc2)[C@@H]1CC3. The third kappa shape index (κ3) is 1.74. The van der Waals surface area contributed by atoms with Gasteiger partial charge in [0.2, 0.25) is 5.91 Å². The molecule has 1 saturated carbocycles.